The number of thioether (sulfide) groups is 2. The van der Waals surface area contributed by atoms with Gasteiger partial charge in [-0.1, -0.05) is 0 Å². The van der Waals surface area contributed by atoms with Gasteiger partial charge in [-0.05, 0) is 42.1 Å². The van der Waals surface area contributed by atoms with Gasteiger partial charge in [0, 0.05) is 23.2 Å². The Bertz CT molecular complexity index is 1130. The number of anilines is 1. The van der Waals surface area contributed by atoms with Gasteiger partial charge in [-0.15, -0.1) is 0 Å². The molecule has 1 fully saturated rings. The number of fused-ring (bicyclic) bond motifs is 3. The number of aryl methyl sites for hydroxylation is 1. The van der Waals surface area contributed by atoms with E-state index in [1.807, 2.05) is 23.5 Å². The topological polar surface area (TPSA) is 132 Å². The van der Waals surface area contributed by atoms with Crippen molar-refractivity contribution in [2.45, 2.75) is 25.0 Å². The molecule has 4 N–H and O–H groups in total. The lowest BCUT2D eigenvalue weighted by Crippen LogP contribution is -2.12. The summed E-state index contributed by atoms with van der Waals surface area (Å²) in [7, 11) is 0. The van der Waals surface area contributed by atoms with Crippen LogP contribution < -0.4 is 16.5 Å². The van der Waals surface area contributed by atoms with Crippen LogP contribution in [0.5, 0.6) is 0 Å². The fraction of sp³-hybridized carbons (Fsp3) is 0.389. The molecule has 0 unspecified atom stereocenters. The van der Waals surface area contributed by atoms with Gasteiger partial charge in [0.1, 0.15) is 5.65 Å². The standard InChI is InChI=1S/C9H12N4OS.C9H9N3OS/c14-9-5-8(10-6-11-9)13-12-7-1-3-15-4-2-7;13-9-7-5-3-14-2-1-6(5)12-8(7)10-4-11-9/h5-6H,1-4H2,(H2,10,11,13,14);4H,1-3H2,(H2,10,11,12,13). The first kappa shape index (κ1) is 19.8. The molecule has 0 aliphatic carbocycles. The van der Waals surface area contributed by atoms with Crippen LogP contribution in [0.15, 0.2) is 33.4 Å². The number of aromatic amines is 3. The molecule has 3 aromatic rings. The van der Waals surface area contributed by atoms with Crippen LogP contribution in [0.4, 0.5) is 5.82 Å². The van der Waals surface area contributed by atoms with Crippen molar-refractivity contribution in [1.82, 2.24) is 24.9 Å². The maximum Gasteiger partial charge on any atom is 0.260 e. The van der Waals surface area contributed by atoms with Gasteiger partial charge in [-0.25, -0.2) is 9.97 Å². The van der Waals surface area contributed by atoms with E-state index in [1.165, 1.54) is 24.4 Å². The Kier molecular flexibility index (Phi) is 6.35. The monoisotopic (exact) mass is 431 g/mol. The van der Waals surface area contributed by atoms with Gasteiger partial charge in [0.05, 0.1) is 18.0 Å². The van der Waals surface area contributed by atoms with E-state index < -0.39 is 0 Å². The summed E-state index contributed by atoms with van der Waals surface area (Å²) in [6.07, 6.45) is 5.85. The highest BCUT2D eigenvalue weighted by molar-refractivity contribution is 7.99. The Balaban J connectivity index is 0.000000141. The Morgan fingerprint density at radius 2 is 1.79 bits per heavy atom. The van der Waals surface area contributed by atoms with Gasteiger partial charge in [-0.3, -0.25) is 15.0 Å². The van der Waals surface area contributed by atoms with Crippen molar-refractivity contribution in [2.24, 2.45) is 5.10 Å². The Labute approximate surface area is 174 Å². The predicted octanol–water partition coefficient (Wildman–Crippen LogP) is 2.11. The zero-order valence-corrected chi connectivity index (χ0v) is 17.3. The number of hydrogen-bond donors (Lipinski definition) is 4. The quantitative estimate of drug-likeness (QED) is 0.457. The molecule has 152 valence electrons. The zero-order chi connectivity index (χ0) is 20.1. The molecule has 0 radical (unpaired) electrons. The van der Waals surface area contributed by atoms with Crippen molar-refractivity contribution in [3.8, 4) is 0 Å². The third-order valence-electron chi connectivity index (χ3n) is 4.61. The molecule has 29 heavy (non-hydrogen) atoms. The molecule has 9 nitrogen and oxygen atoms in total. The molecule has 5 heterocycles. The molecule has 0 bridgehead atoms. The van der Waals surface area contributed by atoms with E-state index in [2.05, 4.69) is 35.4 Å². The average Bonchev–Trinajstić information content (AvgIpc) is 3.13. The second kappa shape index (κ2) is 9.31. The van der Waals surface area contributed by atoms with E-state index in [1.54, 1.807) is 0 Å². The van der Waals surface area contributed by atoms with Crippen LogP contribution in [0.2, 0.25) is 0 Å². The zero-order valence-electron chi connectivity index (χ0n) is 15.7. The molecule has 0 spiro atoms. The molecule has 3 aromatic heterocycles. The van der Waals surface area contributed by atoms with E-state index in [0.29, 0.717) is 5.82 Å². The number of rotatable bonds is 2. The Hall–Kier alpha value is -2.53. The molecule has 0 saturated carbocycles. The van der Waals surface area contributed by atoms with Gasteiger partial charge < -0.3 is 15.0 Å². The van der Waals surface area contributed by atoms with E-state index in [4.69, 9.17) is 0 Å². The van der Waals surface area contributed by atoms with Crippen molar-refractivity contribution in [1.29, 1.82) is 0 Å². The number of nitrogens with one attached hydrogen (secondary N) is 4. The lowest BCUT2D eigenvalue weighted by Gasteiger charge is -2.11. The molecule has 5 rings (SSSR count). The first-order chi connectivity index (χ1) is 14.2. The van der Waals surface area contributed by atoms with Crippen LogP contribution in [0, 0.1) is 0 Å². The van der Waals surface area contributed by atoms with Gasteiger partial charge in [0.2, 0.25) is 0 Å². The highest BCUT2D eigenvalue weighted by Gasteiger charge is 2.18. The first-order valence-corrected chi connectivity index (χ1v) is 11.6. The van der Waals surface area contributed by atoms with Crippen molar-refractivity contribution in [3.05, 3.63) is 50.7 Å². The largest absolute Gasteiger partial charge is 0.343 e. The number of hydrazone groups is 1. The van der Waals surface area contributed by atoms with E-state index in [0.717, 1.165) is 64.6 Å². The van der Waals surface area contributed by atoms with E-state index >= 15 is 0 Å². The summed E-state index contributed by atoms with van der Waals surface area (Å²) in [5.41, 5.74) is 6.80. The van der Waals surface area contributed by atoms with Gasteiger partial charge >= 0.3 is 0 Å². The summed E-state index contributed by atoms with van der Waals surface area (Å²) in [6.45, 7) is 0. The van der Waals surface area contributed by atoms with Crippen LogP contribution in [0.25, 0.3) is 11.0 Å². The number of aromatic nitrogens is 5. The van der Waals surface area contributed by atoms with E-state index in [-0.39, 0.29) is 11.1 Å². The maximum absolute atomic E-state index is 11.6. The second-order valence-electron chi connectivity index (χ2n) is 6.54. The molecule has 2 aliphatic heterocycles. The third-order valence-corrected chi connectivity index (χ3v) is 6.58. The summed E-state index contributed by atoms with van der Waals surface area (Å²) in [5, 5.41) is 4.98. The SMILES string of the molecule is O=c1[nH]cnc2[nH]c3c(c12)CSCC3.O=c1cc(NN=C2CCSCC2)nc[nH]1. The van der Waals surface area contributed by atoms with E-state index in [9.17, 15) is 9.59 Å². The third kappa shape index (κ3) is 4.91. The predicted molar refractivity (Wildman–Crippen MR) is 119 cm³/mol. The fourth-order valence-electron chi connectivity index (χ4n) is 3.15. The van der Waals surface area contributed by atoms with Crippen molar-refractivity contribution >= 4 is 46.1 Å². The van der Waals surface area contributed by atoms with Gasteiger partial charge in [0.15, 0.2) is 5.82 Å². The summed E-state index contributed by atoms with van der Waals surface area (Å²) in [6, 6.07) is 1.39. The normalized spacial score (nSPS) is 15.9. The number of hydrogen-bond acceptors (Lipinski definition) is 8. The minimum Gasteiger partial charge on any atom is -0.343 e. The second-order valence-corrected chi connectivity index (χ2v) is 8.87. The highest BCUT2D eigenvalue weighted by atomic mass is 32.2. The summed E-state index contributed by atoms with van der Waals surface area (Å²) >= 11 is 3.81. The molecule has 0 amide bonds. The highest BCUT2D eigenvalue weighted by Crippen LogP contribution is 2.28. The molecule has 0 aromatic carbocycles. The number of nitrogens with zero attached hydrogens (tertiary/aromatic N) is 3. The van der Waals surface area contributed by atoms with Crippen molar-refractivity contribution in [3.63, 3.8) is 0 Å². The average molecular weight is 432 g/mol. The molecular formula is C18H21N7O2S2. The Morgan fingerprint density at radius 3 is 2.62 bits per heavy atom. The van der Waals surface area contributed by atoms with Crippen LogP contribution in [0.1, 0.15) is 24.1 Å². The van der Waals surface area contributed by atoms with Crippen molar-refractivity contribution < 1.29 is 0 Å². The van der Waals surface area contributed by atoms with Crippen LogP contribution >= 0.6 is 23.5 Å². The van der Waals surface area contributed by atoms with Crippen LogP contribution in [-0.2, 0) is 12.2 Å². The first-order valence-electron chi connectivity index (χ1n) is 9.29. The Morgan fingerprint density at radius 1 is 1.00 bits per heavy atom. The molecule has 0 atom stereocenters. The minimum atomic E-state index is -0.174. The minimum absolute atomic E-state index is 0.0324. The fourth-order valence-corrected chi connectivity index (χ4v) is 5.13. The lowest BCUT2D eigenvalue weighted by atomic mass is 10.2. The smallest absolute Gasteiger partial charge is 0.260 e. The summed E-state index contributed by atoms with van der Waals surface area (Å²) in [4.78, 5) is 38.9. The maximum atomic E-state index is 11.6. The molecule has 1 saturated heterocycles. The van der Waals surface area contributed by atoms with Crippen LogP contribution in [0.3, 0.4) is 0 Å². The van der Waals surface area contributed by atoms with Crippen molar-refractivity contribution in [2.75, 3.05) is 22.7 Å². The summed E-state index contributed by atoms with van der Waals surface area (Å²) < 4.78 is 0. The van der Waals surface area contributed by atoms with Crippen LogP contribution in [-0.4, -0.2) is 47.9 Å². The summed E-state index contributed by atoms with van der Waals surface area (Å²) in [5.74, 6) is 4.79. The lowest BCUT2D eigenvalue weighted by molar-refractivity contribution is 1.03. The molecule has 2 aliphatic rings. The molecular weight excluding hydrogens is 410 g/mol. The number of H-pyrrole nitrogens is 3. The van der Waals surface area contributed by atoms with Gasteiger partial charge in [0.25, 0.3) is 11.1 Å². The molecule has 11 heteroatoms. The van der Waals surface area contributed by atoms with Gasteiger partial charge in [-0.2, -0.15) is 28.6 Å².